The Morgan fingerprint density at radius 2 is 2.16 bits per heavy atom. The Labute approximate surface area is 175 Å². The number of aryl methyl sites for hydroxylation is 1. The number of hydrogen-bond acceptors (Lipinski definition) is 8. The molecule has 0 amide bonds. The Morgan fingerprint density at radius 1 is 1.45 bits per heavy atom. The van der Waals surface area contributed by atoms with Crippen LogP contribution < -0.4 is 17.0 Å². The van der Waals surface area contributed by atoms with Gasteiger partial charge in [0.25, 0.3) is 5.56 Å². The average molecular weight is 430 g/mol. The Balaban J connectivity index is 1.64. The molecular formula is C19H22N6O6. The normalized spacial score (nSPS) is 21.3. The highest BCUT2D eigenvalue weighted by atomic mass is 16.6. The Morgan fingerprint density at radius 3 is 2.84 bits per heavy atom. The van der Waals surface area contributed by atoms with Gasteiger partial charge in [-0.3, -0.25) is 19.1 Å². The number of rotatable bonds is 7. The molecule has 1 aliphatic heterocycles. The summed E-state index contributed by atoms with van der Waals surface area (Å²) in [6.45, 7) is 1.32. The van der Waals surface area contributed by atoms with E-state index in [0.29, 0.717) is 5.56 Å². The largest absolute Gasteiger partial charge is 0.508 e. The molecule has 0 saturated carbocycles. The number of aromatic hydroxyl groups is 1. The van der Waals surface area contributed by atoms with Gasteiger partial charge in [0.1, 0.15) is 30.7 Å². The summed E-state index contributed by atoms with van der Waals surface area (Å²) < 4.78 is 12.2. The molecule has 31 heavy (non-hydrogen) atoms. The lowest BCUT2D eigenvalue weighted by atomic mass is 10.1. The molecule has 164 valence electrons. The fourth-order valence-electron chi connectivity index (χ4n) is 3.26. The van der Waals surface area contributed by atoms with Crippen molar-refractivity contribution in [3.8, 4) is 5.75 Å². The number of H-pyrrole nitrogens is 1. The van der Waals surface area contributed by atoms with Gasteiger partial charge in [0, 0.05) is 23.1 Å². The second-order valence-corrected chi connectivity index (χ2v) is 7.22. The third kappa shape index (κ3) is 5.31. The van der Waals surface area contributed by atoms with Gasteiger partial charge in [-0.1, -0.05) is 17.2 Å². The second-order valence-electron chi connectivity index (χ2n) is 7.22. The SMILES string of the molecule is Cc1cn([C@H]2C[C@H](N=[N+]=[N-])[C@@H](COC(=O)C(N)Cc3ccc(O)cc3)O2)c(=O)[nH]c1=O. The summed E-state index contributed by atoms with van der Waals surface area (Å²) in [5.41, 5.74) is 14.6. The van der Waals surface area contributed by atoms with Crippen LogP contribution in [-0.2, 0) is 20.7 Å². The number of phenols is 1. The van der Waals surface area contributed by atoms with Gasteiger partial charge in [0.05, 0.1) is 6.04 Å². The molecule has 4 N–H and O–H groups in total. The van der Waals surface area contributed by atoms with Crippen molar-refractivity contribution >= 4 is 5.97 Å². The van der Waals surface area contributed by atoms with Crippen LogP contribution in [-0.4, -0.2) is 45.4 Å². The zero-order chi connectivity index (χ0) is 22.5. The van der Waals surface area contributed by atoms with Gasteiger partial charge >= 0.3 is 11.7 Å². The molecule has 0 radical (unpaired) electrons. The maximum atomic E-state index is 12.3. The molecule has 0 bridgehead atoms. The van der Waals surface area contributed by atoms with Gasteiger partial charge in [0.15, 0.2) is 0 Å². The predicted molar refractivity (Wildman–Crippen MR) is 108 cm³/mol. The van der Waals surface area contributed by atoms with E-state index in [0.717, 1.165) is 5.56 Å². The number of aromatic amines is 1. The number of carbonyl (C=O) groups excluding carboxylic acids is 1. The van der Waals surface area contributed by atoms with Crippen molar-refractivity contribution < 1.29 is 19.4 Å². The summed E-state index contributed by atoms with van der Waals surface area (Å²) >= 11 is 0. The molecule has 1 fully saturated rings. The lowest BCUT2D eigenvalue weighted by Gasteiger charge is -2.18. The summed E-state index contributed by atoms with van der Waals surface area (Å²) in [6.07, 6.45) is 0.148. The smallest absolute Gasteiger partial charge is 0.330 e. The monoisotopic (exact) mass is 430 g/mol. The number of ether oxygens (including phenoxy) is 2. The molecule has 3 rings (SSSR count). The first-order chi connectivity index (χ1) is 14.8. The highest BCUT2D eigenvalue weighted by Crippen LogP contribution is 2.30. The molecule has 0 aliphatic carbocycles. The van der Waals surface area contributed by atoms with Crippen LogP contribution in [0.5, 0.6) is 5.75 Å². The number of aromatic nitrogens is 2. The first-order valence-corrected chi connectivity index (χ1v) is 9.50. The van der Waals surface area contributed by atoms with E-state index in [2.05, 4.69) is 15.0 Å². The maximum Gasteiger partial charge on any atom is 0.330 e. The Hall–Kier alpha value is -3.60. The van der Waals surface area contributed by atoms with Gasteiger partial charge in [-0.05, 0) is 36.6 Å². The Kier molecular flexibility index (Phi) is 6.75. The third-order valence-corrected chi connectivity index (χ3v) is 4.94. The zero-order valence-corrected chi connectivity index (χ0v) is 16.7. The fraction of sp³-hybridized carbons (Fsp3) is 0.421. The summed E-state index contributed by atoms with van der Waals surface area (Å²) in [6, 6.07) is 4.65. The van der Waals surface area contributed by atoms with Crippen LogP contribution in [0.4, 0.5) is 0 Å². The van der Waals surface area contributed by atoms with Crippen molar-refractivity contribution in [1.29, 1.82) is 0 Å². The molecule has 1 aromatic carbocycles. The molecular weight excluding hydrogens is 408 g/mol. The van der Waals surface area contributed by atoms with Crippen molar-refractivity contribution in [2.75, 3.05) is 6.61 Å². The fourth-order valence-corrected chi connectivity index (χ4v) is 3.26. The molecule has 1 aliphatic rings. The molecule has 2 heterocycles. The summed E-state index contributed by atoms with van der Waals surface area (Å²) in [5, 5.41) is 13.0. The zero-order valence-electron chi connectivity index (χ0n) is 16.7. The highest BCUT2D eigenvalue weighted by Gasteiger charge is 2.37. The molecule has 2 aromatic rings. The Bertz CT molecular complexity index is 1100. The van der Waals surface area contributed by atoms with Crippen LogP contribution in [0.15, 0.2) is 45.2 Å². The van der Waals surface area contributed by atoms with Crippen molar-refractivity contribution in [2.24, 2.45) is 10.8 Å². The van der Waals surface area contributed by atoms with E-state index in [1.165, 1.54) is 22.9 Å². The lowest BCUT2D eigenvalue weighted by Crippen LogP contribution is -2.37. The summed E-state index contributed by atoms with van der Waals surface area (Å²) in [4.78, 5) is 40.9. The summed E-state index contributed by atoms with van der Waals surface area (Å²) in [5.74, 6) is -0.564. The van der Waals surface area contributed by atoms with E-state index in [4.69, 9.17) is 20.7 Å². The van der Waals surface area contributed by atoms with Crippen LogP contribution in [0, 0.1) is 6.92 Å². The van der Waals surface area contributed by atoms with Crippen LogP contribution >= 0.6 is 0 Å². The van der Waals surface area contributed by atoms with Gasteiger partial charge in [-0.15, -0.1) is 0 Å². The van der Waals surface area contributed by atoms with Gasteiger partial charge < -0.3 is 20.3 Å². The van der Waals surface area contributed by atoms with E-state index in [1.54, 1.807) is 19.1 Å². The van der Waals surface area contributed by atoms with E-state index in [-0.39, 0.29) is 25.2 Å². The van der Waals surface area contributed by atoms with Crippen molar-refractivity contribution in [3.63, 3.8) is 0 Å². The average Bonchev–Trinajstić information content (AvgIpc) is 3.13. The molecule has 1 aromatic heterocycles. The number of phenolic OH excluding ortho intramolecular Hbond substituents is 1. The quantitative estimate of drug-likeness (QED) is 0.249. The van der Waals surface area contributed by atoms with E-state index < -0.39 is 41.6 Å². The van der Waals surface area contributed by atoms with Gasteiger partial charge in [-0.2, -0.15) is 0 Å². The maximum absolute atomic E-state index is 12.3. The third-order valence-electron chi connectivity index (χ3n) is 4.94. The van der Waals surface area contributed by atoms with Crippen molar-refractivity contribution in [3.05, 3.63) is 72.9 Å². The molecule has 0 spiro atoms. The number of esters is 1. The number of benzene rings is 1. The molecule has 12 heteroatoms. The van der Waals surface area contributed by atoms with Crippen LogP contribution in [0.3, 0.4) is 0 Å². The summed E-state index contributed by atoms with van der Waals surface area (Å²) in [7, 11) is 0. The number of nitrogens with one attached hydrogen (secondary N) is 1. The lowest BCUT2D eigenvalue weighted by molar-refractivity contribution is -0.150. The van der Waals surface area contributed by atoms with E-state index in [9.17, 15) is 19.5 Å². The predicted octanol–water partition coefficient (Wildman–Crippen LogP) is 0.630. The number of hydrogen-bond donors (Lipinski definition) is 3. The first kappa shape index (κ1) is 22.1. The van der Waals surface area contributed by atoms with Crippen molar-refractivity contribution in [1.82, 2.24) is 9.55 Å². The standard InChI is InChI=1S/C19H22N6O6/c1-10-8-25(19(29)22-17(10)27)16-7-14(23-24-21)15(31-16)9-30-18(28)13(20)6-11-2-4-12(26)5-3-11/h2-5,8,13-16,26H,6-7,9,20H2,1H3,(H,22,27,29)/t13?,14-,15+,16+/m0/s1. The number of carbonyl (C=O) groups is 1. The minimum absolute atomic E-state index is 0.105. The molecule has 4 atom stereocenters. The van der Waals surface area contributed by atoms with Crippen molar-refractivity contribution in [2.45, 2.75) is 44.2 Å². The minimum atomic E-state index is -0.941. The number of nitrogens with two attached hydrogens (primary N) is 1. The number of azide groups is 1. The number of nitrogens with zero attached hydrogens (tertiary/aromatic N) is 4. The topological polar surface area (TPSA) is 185 Å². The van der Waals surface area contributed by atoms with Gasteiger partial charge in [-0.25, -0.2) is 4.79 Å². The van der Waals surface area contributed by atoms with Crippen LogP contribution in [0.1, 0.15) is 23.8 Å². The molecule has 1 saturated heterocycles. The van der Waals surface area contributed by atoms with E-state index >= 15 is 0 Å². The van der Waals surface area contributed by atoms with E-state index in [1.807, 2.05) is 0 Å². The molecule has 12 nitrogen and oxygen atoms in total. The minimum Gasteiger partial charge on any atom is -0.508 e. The van der Waals surface area contributed by atoms with Crippen LogP contribution in [0.25, 0.3) is 10.4 Å². The first-order valence-electron chi connectivity index (χ1n) is 9.50. The van der Waals surface area contributed by atoms with Gasteiger partial charge in [0.2, 0.25) is 0 Å². The van der Waals surface area contributed by atoms with Crippen LogP contribution in [0.2, 0.25) is 0 Å². The second kappa shape index (κ2) is 9.47. The highest BCUT2D eigenvalue weighted by molar-refractivity contribution is 5.75. The molecule has 1 unspecified atom stereocenters.